The van der Waals surface area contributed by atoms with Crippen molar-refractivity contribution in [3.05, 3.63) is 69.8 Å². The first kappa shape index (κ1) is 34.9. The van der Waals surface area contributed by atoms with E-state index in [4.69, 9.17) is 0 Å². The summed E-state index contributed by atoms with van der Waals surface area (Å²) in [5.74, 6) is 1.86. The molecule has 3 rings (SSSR count). The Kier molecular flexibility index (Phi) is 13.4. The highest BCUT2D eigenvalue weighted by Crippen LogP contribution is 2.43. The summed E-state index contributed by atoms with van der Waals surface area (Å²) >= 11 is 0. The molecule has 0 spiro atoms. The number of ketones is 3. The van der Waals surface area contributed by atoms with Gasteiger partial charge in [0.25, 0.3) is 0 Å². The van der Waals surface area contributed by atoms with Gasteiger partial charge < -0.3 is 0 Å². The lowest BCUT2D eigenvalue weighted by Gasteiger charge is -2.39. The van der Waals surface area contributed by atoms with E-state index in [1.54, 1.807) is 0 Å². The first-order valence-electron chi connectivity index (χ1n) is 17.2. The molecule has 3 nitrogen and oxygen atoms in total. The van der Waals surface area contributed by atoms with Crippen LogP contribution in [-0.2, 0) is 28.9 Å². The third kappa shape index (κ3) is 9.22. The molecular weight excluding hydrogens is 528 g/mol. The van der Waals surface area contributed by atoms with E-state index in [1.165, 1.54) is 34.7 Å². The molecule has 4 atom stereocenters. The van der Waals surface area contributed by atoms with Crippen molar-refractivity contribution in [3.63, 3.8) is 0 Å². The average molecular weight is 587 g/mol. The van der Waals surface area contributed by atoms with Crippen molar-refractivity contribution in [1.82, 2.24) is 0 Å². The van der Waals surface area contributed by atoms with Gasteiger partial charge in [-0.3, -0.25) is 14.4 Å². The van der Waals surface area contributed by atoms with Gasteiger partial charge in [-0.15, -0.1) is 0 Å². The molecule has 0 radical (unpaired) electrons. The Labute approximate surface area is 262 Å². The third-order valence-corrected chi connectivity index (χ3v) is 10.1. The molecule has 0 heterocycles. The molecule has 43 heavy (non-hydrogen) atoms. The van der Waals surface area contributed by atoms with Crippen LogP contribution in [0.2, 0.25) is 0 Å². The van der Waals surface area contributed by atoms with Crippen LogP contribution in [0.3, 0.4) is 0 Å². The second-order valence-corrected chi connectivity index (χ2v) is 14.1. The van der Waals surface area contributed by atoms with Gasteiger partial charge in [-0.25, -0.2) is 0 Å². The lowest BCUT2D eigenvalue weighted by molar-refractivity contribution is -0.130. The number of hydrogen-bond acceptors (Lipinski definition) is 3. The van der Waals surface area contributed by atoms with Crippen molar-refractivity contribution in [1.29, 1.82) is 0 Å². The minimum Gasteiger partial charge on any atom is -0.300 e. The number of benzene rings is 2. The molecule has 0 amide bonds. The van der Waals surface area contributed by atoms with E-state index >= 15 is 0 Å². The predicted octanol–water partition coefficient (Wildman–Crippen LogP) is 10.1. The van der Waals surface area contributed by atoms with Crippen molar-refractivity contribution >= 4 is 17.3 Å². The normalized spacial score (nSPS) is 17.2. The molecule has 3 heteroatoms. The van der Waals surface area contributed by atoms with E-state index in [9.17, 15) is 14.4 Å². The number of unbranched alkanes of at least 4 members (excludes halogenated alkanes) is 1. The van der Waals surface area contributed by atoms with E-state index in [-0.39, 0.29) is 41.5 Å². The quantitative estimate of drug-likeness (QED) is 0.137. The Morgan fingerprint density at radius 1 is 0.930 bits per heavy atom. The summed E-state index contributed by atoms with van der Waals surface area (Å²) in [6.07, 6.45) is 9.65. The van der Waals surface area contributed by atoms with E-state index in [1.807, 2.05) is 0 Å². The zero-order valence-corrected chi connectivity index (χ0v) is 28.4. The number of aryl methyl sites for hydroxylation is 2. The van der Waals surface area contributed by atoms with Gasteiger partial charge in [0, 0.05) is 17.9 Å². The maximum Gasteiger partial charge on any atom is 0.163 e. The highest BCUT2D eigenvalue weighted by atomic mass is 16.1. The van der Waals surface area contributed by atoms with Crippen LogP contribution >= 0.6 is 0 Å². The van der Waals surface area contributed by atoms with E-state index in [2.05, 4.69) is 84.9 Å². The summed E-state index contributed by atoms with van der Waals surface area (Å²) in [7, 11) is 0. The molecule has 0 aliphatic heterocycles. The second-order valence-electron chi connectivity index (χ2n) is 14.1. The Morgan fingerprint density at radius 2 is 1.60 bits per heavy atom. The molecule has 0 bridgehead atoms. The Balaban J connectivity index is 1.88. The summed E-state index contributed by atoms with van der Waals surface area (Å²) in [6.45, 7) is 17.1. The van der Waals surface area contributed by atoms with Crippen molar-refractivity contribution in [2.75, 3.05) is 0 Å². The van der Waals surface area contributed by atoms with E-state index in [0.29, 0.717) is 24.2 Å². The van der Waals surface area contributed by atoms with Gasteiger partial charge in [-0.1, -0.05) is 90.8 Å². The average Bonchev–Trinajstić information content (AvgIpc) is 2.94. The van der Waals surface area contributed by atoms with Crippen LogP contribution in [0.4, 0.5) is 0 Å². The van der Waals surface area contributed by atoms with Crippen molar-refractivity contribution < 1.29 is 14.4 Å². The summed E-state index contributed by atoms with van der Waals surface area (Å²) < 4.78 is 0. The third-order valence-electron chi connectivity index (χ3n) is 10.1. The molecule has 0 saturated heterocycles. The summed E-state index contributed by atoms with van der Waals surface area (Å²) in [4.78, 5) is 39.3. The lowest BCUT2D eigenvalue weighted by Crippen LogP contribution is -2.36. The predicted molar refractivity (Wildman–Crippen MR) is 180 cm³/mol. The minimum absolute atomic E-state index is 0.0309. The summed E-state index contributed by atoms with van der Waals surface area (Å²) in [5.41, 5.74) is 7.50. The topological polar surface area (TPSA) is 51.2 Å². The first-order valence-corrected chi connectivity index (χ1v) is 17.2. The SMILES string of the molecule is CCCC(C(C)C)C(CC1CC(=O)c2c(C)c(CCCCc3ccccc3)cc(C(C)C)c2C1)C(CC)C(=O)CC(C)=O. The molecule has 4 unspecified atom stereocenters. The zero-order chi connectivity index (χ0) is 31.7. The maximum absolute atomic E-state index is 14.0. The van der Waals surface area contributed by atoms with Crippen LogP contribution in [0.15, 0.2) is 36.4 Å². The molecule has 0 aromatic heterocycles. The molecule has 236 valence electrons. The Bertz CT molecular complexity index is 1220. The molecule has 0 saturated carbocycles. The van der Waals surface area contributed by atoms with Crippen LogP contribution in [0.25, 0.3) is 0 Å². The molecule has 1 aliphatic carbocycles. The van der Waals surface area contributed by atoms with Crippen LogP contribution in [0.1, 0.15) is 144 Å². The Morgan fingerprint density at radius 3 is 2.19 bits per heavy atom. The van der Waals surface area contributed by atoms with Crippen LogP contribution in [-0.4, -0.2) is 17.3 Å². The largest absolute Gasteiger partial charge is 0.300 e. The van der Waals surface area contributed by atoms with Crippen molar-refractivity contribution in [3.8, 4) is 0 Å². The second kappa shape index (κ2) is 16.5. The lowest BCUT2D eigenvalue weighted by atomic mass is 9.65. The van der Waals surface area contributed by atoms with Gasteiger partial charge in [0.05, 0.1) is 6.42 Å². The molecular formula is C40H58O3. The van der Waals surface area contributed by atoms with Crippen molar-refractivity contribution in [2.24, 2.45) is 29.6 Å². The van der Waals surface area contributed by atoms with Gasteiger partial charge in [-0.2, -0.15) is 0 Å². The molecule has 0 N–H and O–H groups in total. The molecule has 1 aliphatic rings. The summed E-state index contributed by atoms with van der Waals surface area (Å²) in [5, 5.41) is 0. The van der Waals surface area contributed by atoms with Crippen LogP contribution < -0.4 is 0 Å². The van der Waals surface area contributed by atoms with Crippen LogP contribution in [0, 0.1) is 36.5 Å². The van der Waals surface area contributed by atoms with Crippen molar-refractivity contribution in [2.45, 2.75) is 132 Å². The first-order chi connectivity index (χ1) is 20.5. The van der Waals surface area contributed by atoms with Gasteiger partial charge in [0.1, 0.15) is 11.6 Å². The highest BCUT2D eigenvalue weighted by Gasteiger charge is 2.38. The Hall–Kier alpha value is -2.55. The number of carbonyl (C=O) groups is 3. The smallest absolute Gasteiger partial charge is 0.163 e. The highest BCUT2D eigenvalue weighted by molar-refractivity contribution is 6.01. The minimum atomic E-state index is -0.121. The molecule has 2 aromatic rings. The number of fused-ring (bicyclic) bond motifs is 1. The van der Waals surface area contributed by atoms with E-state index in [0.717, 1.165) is 63.4 Å². The number of carbonyl (C=O) groups excluding carboxylic acids is 3. The van der Waals surface area contributed by atoms with Gasteiger partial charge in [0.2, 0.25) is 0 Å². The maximum atomic E-state index is 14.0. The number of hydrogen-bond donors (Lipinski definition) is 0. The standard InChI is InChI=1S/C40H58O3/c1-9-16-34(26(3)4)36(33(10-2)38(42)21-28(7)41)22-31-23-37-35(27(5)6)25-32(29(8)40(37)39(43)24-31)20-15-14-19-30-17-12-11-13-18-30/h11-13,17-18,25-27,31,33-34,36H,9-10,14-16,19-24H2,1-8H3. The van der Waals surface area contributed by atoms with Gasteiger partial charge >= 0.3 is 0 Å². The fourth-order valence-corrected chi connectivity index (χ4v) is 8.01. The number of rotatable bonds is 17. The fourth-order valence-electron chi connectivity index (χ4n) is 8.01. The number of Topliss-reactive ketones (excluding diaryl/α,β-unsaturated/α-hetero) is 3. The van der Waals surface area contributed by atoms with Crippen LogP contribution in [0.5, 0.6) is 0 Å². The van der Waals surface area contributed by atoms with Gasteiger partial charge in [0.15, 0.2) is 5.78 Å². The molecule has 0 fully saturated rings. The zero-order valence-electron chi connectivity index (χ0n) is 28.4. The van der Waals surface area contributed by atoms with Gasteiger partial charge in [-0.05, 0) is 116 Å². The van der Waals surface area contributed by atoms with E-state index < -0.39 is 0 Å². The summed E-state index contributed by atoms with van der Waals surface area (Å²) in [6, 6.07) is 13.1. The fraction of sp³-hybridized carbons (Fsp3) is 0.625. The monoisotopic (exact) mass is 586 g/mol. The molecule has 2 aromatic carbocycles.